The third kappa shape index (κ3) is 4.60. The van der Waals surface area contributed by atoms with E-state index in [1.165, 1.54) is 21.6 Å². The predicted octanol–water partition coefficient (Wildman–Crippen LogP) is 6.16. The first kappa shape index (κ1) is 20.8. The molecule has 138 valence electrons. The molecule has 0 fully saturated rings. The standard InChI is InChI=1S/C22H26O2S2/c1-3-15-21(17-23,19-11-7-5-8-12-19)25-26-22(18-24,16-4-2)20-13-9-6-10-14-20/h5-14,17-18H,3-4,15-16H2,1-2H3. The number of carbonyl (C=O) groups excluding carboxylic acids is 2. The number of hydrogen-bond acceptors (Lipinski definition) is 4. The Balaban J connectivity index is 2.37. The Labute approximate surface area is 164 Å². The van der Waals surface area contributed by atoms with Gasteiger partial charge in [0.15, 0.2) is 0 Å². The Bertz CT molecular complexity index is 628. The maximum absolute atomic E-state index is 12.2. The van der Waals surface area contributed by atoms with Gasteiger partial charge in [-0.15, -0.1) is 0 Å². The molecular formula is C22H26O2S2. The second-order valence-corrected chi connectivity index (χ2v) is 9.20. The molecule has 0 spiro atoms. The van der Waals surface area contributed by atoms with Crippen molar-refractivity contribution in [3.63, 3.8) is 0 Å². The molecule has 2 nitrogen and oxygen atoms in total. The lowest BCUT2D eigenvalue weighted by Crippen LogP contribution is -2.27. The van der Waals surface area contributed by atoms with Gasteiger partial charge in [0.25, 0.3) is 0 Å². The summed E-state index contributed by atoms with van der Waals surface area (Å²) in [6.45, 7) is 4.17. The fraction of sp³-hybridized carbons (Fsp3) is 0.364. The van der Waals surface area contributed by atoms with Crippen LogP contribution in [0.15, 0.2) is 60.7 Å². The highest BCUT2D eigenvalue weighted by Crippen LogP contribution is 2.54. The van der Waals surface area contributed by atoms with Gasteiger partial charge in [-0.3, -0.25) is 0 Å². The van der Waals surface area contributed by atoms with Crippen LogP contribution < -0.4 is 0 Å². The zero-order chi connectivity index (χ0) is 18.9. The number of aldehydes is 2. The van der Waals surface area contributed by atoms with E-state index in [4.69, 9.17) is 0 Å². The van der Waals surface area contributed by atoms with Crippen molar-refractivity contribution in [1.29, 1.82) is 0 Å². The maximum Gasteiger partial charge on any atom is 0.141 e. The topological polar surface area (TPSA) is 34.1 Å². The van der Waals surface area contributed by atoms with Crippen LogP contribution in [0.25, 0.3) is 0 Å². The SMILES string of the molecule is CCCC(C=O)(SSC(C=O)(CCC)c1ccccc1)c1ccccc1. The van der Waals surface area contributed by atoms with Crippen molar-refractivity contribution in [2.24, 2.45) is 0 Å². The van der Waals surface area contributed by atoms with E-state index in [2.05, 4.69) is 13.8 Å². The Hall–Kier alpha value is -1.52. The van der Waals surface area contributed by atoms with Crippen molar-refractivity contribution < 1.29 is 9.59 Å². The van der Waals surface area contributed by atoms with Crippen molar-refractivity contribution in [2.75, 3.05) is 0 Å². The normalized spacial score (nSPS) is 15.6. The minimum absolute atomic E-state index is 0.641. The zero-order valence-corrected chi connectivity index (χ0v) is 17.0. The summed E-state index contributed by atoms with van der Waals surface area (Å²) in [5.41, 5.74) is 2.00. The molecule has 0 aromatic heterocycles. The lowest BCUT2D eigenvalue weighted by Gasteiger charge is -2.33. The largest absolute Gasteiger partial charge is 0.301 e. The molecule has 0 aliphatic rings. The summed E-state index contributed by atoms with van der Waals surface area (Å²) in [7, 11) is 3.06. The van der Waals surface area contributed by atoms with E-state index < -0.39 is 9.49 Å². The highest BCUT2D eigenvalue weighted by molar-refractivity contribution is 8.77. The molecule has 0 heterocycles. The predicted molar refractivity (Wildman–Crippen MR) is 113 cm³/mol. The van der Waals surface area contributed by atoms with Gasteiger partial charge >= 0.3 is 0 Å². The Morgan fingerprint density at radius 3 is 1.31 bits per heavy atom. The molecule has 0 saturated carbocycles. The lowest BCUT2D eigenvalue weighted by atomic mass is 9.95. The van der Waals surface area contributed by atoms with E-state index >= 15 is 0 Å². The molecule has 0 bridgehead atoms. The summed E-state index contributed by atoms with van der Waals surface area (Å²) in [4.78, 5) is 24.4. The quantitative estimate of drug-likeness (QED) is 0.342. The zero-order valence-electron chi connectivity index (χ0n) is 15.4. The molecule has 2 aromatic carbocycles. The summed E-state index contributed by atoms with van der Waals surface area (Å²) < 4.78 is -1.28. The van der Waals surface area contributed by atoms with Gasteiger partial charge in [-0.25, -0.2) is 0 Å². The molecule has 2 atom stereocenters. The van der Waals surface area contributed by atoms with Crippen molar-refractivity contribution in [3.05, 3.63) is 71.8 Å². The second-order valence-electron chi connectivity index (χ2n) is 6.41. The van der Waals surface area contributed by atoms with Crippen LogP contribution in [0.3, 0.4) is 0 Å². The third-order valence-electron chi connectivity index (χ3n) is 4.49. The van der Waals surface area contributed by atoms with Crippen LogP contribution in [0.5, 0.6) is 0 Å². The molecular weight excluding hydrogens is 360 g/mol. The van der Waals surface area contributed by atoms with Crippen LogP contribution in [0, 0.1) is 0 Å². The molecule has 0 N–H and O–H groups in total. The first-order valence-corrected chi connectivity index (χ1v) is 11.2. The summed E-state index contributed by atoms with van der Waals surface area (Å²) >= 11 is 0. The molecule has 4 heteroatoms. The van der Waals surface area contributed by atoms with E-state index in [-0.39, 0.29) is 0 Å². The molecule has 26 heavy (non-hydrogen) atoms. The van der Waals surface area contributed by atoms with Gasteiger partial charge in [0, 0.05) is 0 Å². The van der Waals surface area contributed by atoms with Gasteiger partial charge in [0.05, 0.1) is 0 Å². The number of rotatable bonds is 11. The average molecular weight is 387 g/mol. The lowest BCUT2D eigenvalue weighted by molar-refractivity contribution is -0.111. The Kier molecular flexibility index (Phi) is 7.98. The smallest absolute Gasteiger partial charge is 0.141 e. The van der Waals surface area contributed by atoms with Gasteiger partial charge in [-0.2, -0.15) is 0 Å². The summed E-state index contributed by atoms with van der Waals surface area (Å²) in [5.74, 6) is 0. The van der Waals surface area contributed by atoms with Crippen LogP contribution in [0.1, 0.15) is 50.7 Å². The summed E-state index contributed by atoms with van der Waals surface area (Å²) in [5, 5.41) is 0. The Morgan fingerprint density at radius 2 is 1.04 bits per heavy atom. The molecule has 0 radical (unpaired) electrons. The fourth-order valence-electron chi connectivity index (χ4n) is 3.09. The number of carbonyl (C=O) groups is 2. The van der Waals surface area contributed by atoms with Crippen molar-refractivity contribution in [2.45, 2.75) is 49.0 Å². The van der Waals surface area contributed by atoms with Crippen LogP contribution in [-0.2, 0) is 19.1 Å². The van der Waals surface area contributed by atoms with Gasteiger partial charge in [-0.1, -0.05) is 109 Å². The molecule has 0 amide bonds. The van der Waals surface area contributed by atoms with Gasteiger partial charge in [-0.05, 0) is 24.0 Å². The molecule has 0 aliphatic carbocycles. The fourth-order valence-corrected chi connectivity index (χ4v) is 6.71. The van der Waals surface area contributed by atoms with E-state index in [9.17, 15) is 9.59 Å². The average Bonchev–Trinajstić information content (AvgIpc) is 2.71. The molecule has 2 unspecified atom stereocenters. The third-order valence-corrected chi connectivity index (χ3v) is 8.27. The van der Waals surface area contributed by atoms with Gasteiger partial charge in [0.1, 0.15) is 22.1 Å². The highest BCUT2D eigenvalue weighted by Gasteiger charge is 2.39. The summed E-state index contributed by atoms with van der Waals surface area (Å²) in [6, 6.07) is 19.8. The van der Waals surface area contributed by atoms with Crippen molar-refractivity contribution >= 4 is 34.2 Å². The highest BCUT2D eigenvalue weighted by atomic mass is 33.1. The van der Waals surface area contributed by atoms with E-state index in [0.717, 1.165) is 49.4 Å². The molecule has 0 saturated heterocycles. The van der Waals surface area contributed by atoms with Gasteiger partial charge in [0.2, 0.25) is 0 Å². The minimum atomic E-state index is -0.641. The van der Waals surface area contributed by atoms with Crippen LogP contribution in [-0.4, -0.2) is 12.6 Å². The van der Waals surface area contributed by atoms with Crippen LogP contribution in [0.4, 0.5) is 0 Å². The maximum atomic E-state index is 12.2. The first-order chi connectivity index (χ1) is 12.7. The summed E-state index contributed by atoms with van der Waals surface area (Å²) in [6.07, 6.45) is 5.39. The second kappa shape index (κ2) is 9.98. The van der Waals surface area contributed by atoms with Crippen LogP contribution >= 0.6 is 21.6 Å². The van der Waals surface area contributed by atoms with E-state index in [1.807, 2.05) is 60.7 Å². The van der Waals surface area contributed by atoms with Gasteiger partial charge < -0.3 is 9.59 Å². The first-order valence-electron chi connectivity index (χ1n) is 9.07. The van der Waals surface area contributed by atoms with Crippen molar-refractivity contribution in [3.8, 4) is 0 Å². The molecule has 2 rings (SSSR count). The monoisotopic (exact) mass is 386 g/mol. The van der Waals surface area contributed by atoms with E-state index in [1.54, 1.807) is 0 Å². The van der Waals surface area contributed by atoms with Crippen molar-refractivity contribution in [1.82, 2.24) is 0 Å². The Morgan fingerprint density at radius 1 is 0.692 bits per heavy atom. The number of benzene rings is 2. The minimum Gasteiger partial charge on any atom is -0.301 e. The van der Waals surface area contributed by atoms with E-state index in [0.29, 0.717) is 0 Å². The van der Waals surface area contributed by atoms with Crippen LogP contribution in [0.2, 0.25) is 0 Å². The molecule has 0 aliphatic heterocycles. The number of hydrogen-bond donors (Lipinski definition) is 0. The molecule has 2 aromatic rings.